The molecule has 0 heterocycles. The summed E-state index contributed by atoms with van der Waals surface area (Å²) < 4.78 is 10.9. The molecule has 0 saturated carbocycles. The molecule has 0 N–H and O–H groups in total. The first-order chi connectivity index (χ1) is 13.9. The molecule has 0 aliphatic heterocycles. The van der Waals surface area contributed by atoms with Gasteiger partial charge in [0, 0.05) is 24.3 Å². The maximum absolute atomic E-state index is 12.1. The minimum absolute atomic E-state index is 0.0424. The molecule has 0 spiro atoms. The van der Waals surface area contributed by atoms with Gasteiger partial charge in [-0.3, -0.25) is 20.2 Å². The zero-order chi connectivity index (χ0) is 20.8. The number of carbonyl (C=O) groups excluding carboxylic acids is 1. The van der Waals surface area contributed by atoms with E-state index in [0.717, 1.165) is 6.07 Å². The number of rotatable bonds is 7. The normalized spacial score (nSPS) is 10.2. The Morgan fingerprint density at radius 1 is 0.793 bits per heavy atom. The van der Waals surface area contributed by atoms with Gasteiger partial charge in [-0.15, -0.1) is 0 Å². The number of esters is 1. The van der Waals surface area contributed by atoms with Crippen LogP contribution >= 0.6 is 0 Å². The standard InChI is InChI=1S/C20H14N2O7/c23-20(15-4-2-5-17(12-15)22(26)27)28-13-14-3-1-6-19(11-14)29-18-9-7-16(8-10-18)21(24)25/h1-12H,13H2. The van der Waals surface area contributed by atoms with E-state index in [1.807, 2.05) is 0 Å². The van der Waals surface area contributed by atoms with Crippen LogP contribution in [-0.4, -0.2) is 15.8 Å². The molecule has 9 nitrogen and oxygen atoms in total. The van der Waals surface area contributed by atoms with Gasteiger partial charge < -0.3 is 9.47 Å². The van der Waals surface area contributed by atoms with Gasteiger partial charge in [0.2, 0.25) is 0 Å². The predicted octanol–water partition coefficient (Wildman–Crippen LogP) is 4.65. The minimum atomic E-state index is -0.685. The van der Waals surface area contributed by atoms with Crippen LogP contribution in [0.15, 0.2) is 72.8 Å². The lowest BCUT2D eigenvalue weighted by Gasteiger charge is -2.08. The van der Waals surface area contributed by atoms with E-state index in [0.29, 0.717) is 17.1 Å². The van der Waals surface area contributed by atoms with Crippen molar-refractivity contribution >= 4 is 17.3 Å². The third kappa shape index (κ3) is 5.13. The average Bonchev–Trinajstić information content (AvgIpc) is 2.73. The summed E-state index contributed by atoms with van der Waals surface area (Å²) in [5.41, 5.74) is 0.484. The van der Waals surface area contributed by atoms with E-state index in [2.05, 4.69) is 0 Å². The zero-order valence-electron chi connectivity index (χ0n) is 14.9. The molecule has 0 aromatic heterocycles. The number of carbonyl (C=O) groups is 1. The summed E-state index contributed by atoms with van der Waals surface area (Å²) in [6, 6.07) is 17.7. The Morgan fingerprint density at radius 2 is 1.48 bits per heavy atom. The summed E-state index contributed by atoms with van der Waals surface area (Å²) in [5, 5.41) is 21.5. The number of nitro groups is 2. The van der Waals surface area contributed by atoms with Crippen molar-refractivity contribution < 1.29 is 24.1 Å². The Kier molecular flexibility index (Phi) is 5.79. The summed E-state index contributed by atoms with van der Waals surface area (Å²) in [6.45, 7) is -0.0566. The Hall–Kier alpha value is -4.27. The van der Waals surface area contributed by atoms with E-state index >= 15 is 0 Å². The quantitative estimate of drug-likeness (QED) is 0.325. The highest BCUT2D eigenvalue weighted by Gasteiger charge is 2.13. The molecule has 0 saturated heterocycles. The number of hydrogen-bond donors (Lipinski definition) is 0. The molecule has 0 aliphatic carbocycles. The largest absolute Gasteiger partial charge is 0.457 e. The number of nitro benzene ring substituents is 2. The topological polar surface area (TPSA) is 122 Å². The maximum Gasteiger partial charge on any atom is 0.338 e. The molecule has 0 fully saturated rings. The highest BCUT2D eigenvalue weighted by Crippen LogP contribution is 2.25. The summed E-state index contributed by atoms with van der Waals surface area (Å²) in [5.74, 6) is 0.194. The Balaban J connectivity index is 1.64. The monoisotopic (exact) mass is 394 g/mol. The van der Waals surface area contributed by atoms with E-state index < -0.39 is 15.8 Å². The van der Waals surface area contributed by atoms with Gasteiger partial charge >= 0.3 is 5.97 Å². The van der Waals surface area contributed by atoms with Crippen molar-refractivity contribution in [3.05, 3.63) is 104 Å². The first kappa shape index (κ1) is 19.5. The number of hydrogen-bond acceptors (Lipinski definition) is 7. The molecule has 0 radical (unpaired) electrons. The van der Waals surface area contributed by atoms with E-state index in [1.165, 1.54) is 42.5 Å². The van der Waals surface area contributed by atoms with Crippen molar-refractivity contribution in [2.75, 3.05) is 0 Å². The van der Waals surface area contributed by atoms with Crippen LogP contribution in [0.4, 0.5) is 11.4 Å². The molecule has 29 heavy (non-hydrogen) atoms. The fraction of sp³-hybridized carbons (Fsp3) is 0.0500. The van der Waals surface area contributed by atoms with Gasteiger partial charge in [-0.2, -0.15) is 0 Å². The highest BCUT2D eigenvalue weighted by atomic mass is 16.6. The fourth-order valence-corrected chi connectivity index (χ4v) is 2.45. The van der Waals surface area contributed by atoms with Crippen molar-refractivity contribution in [1.82, 2.24) is 0 Å². The van der Waals surface area contributed by atoms with E-state index in [-0.39, 0.29) is 23.5 Å². The molecule has 9 heteroatoms. The lowest BCUT2D eigenvalue weighted by atomic mass is 10.2. The van der Waals surface area contributed by atoms with Gasteiger partial charge in [0.25, 0.3) is 11.4 Å². The zero-order valence-corrected chi connectivity index (χ0v) is 14.9. The molecule has 146 valence electrons. The van der Waals surface area contributed by atoms with Crippen LogP contribution in [0.3, 0.4) is 0 Å². The van der Waals surface area contributed by atoms with Crippen LogP contribution in [0.25, 0.3) is 0 Å². The number of benzene rings is 3. The SMILES string of the molecule is O=C(OCc1cccc(Oc2ccc([N+](=O)[O-])cc2)c1)c1cccc([N+](=O)[O-])c1. The lowest BCUT2D eigenvalue weighted by Crippen LogP contribution is -2.05. The van der Waals surface area contributed by atoms with Gasteiger partial charge in [0.1, 0.15) is 18.1 Å². The number of non-ortho nitro benzene ring substituents is 2. The third-order valence-electron chi connectivity index (χ3n) is 3.84. The molecule has 3 rings (SSSR count). The Bertz CT molecular complexity index is 1060. The predicted molar refractivity (Wildman–Crippen MR) is 102 cm³/mol. The van der Waals surface area contributed by atoms with Gasteiger partial charge in [0.15, 0.2) is 0 Å². The lowest BCUT2D eigenvalue weighted by molar-refractivity contribution is -0.385. The van der Waals surface area contributed by atoms with Crippen LogP contribution in [0, 0.1) is 20.2 Å². The molecule has 3 aromatic rings. The van der Waals surface area contributed by atoms with Crippen LogP contribution in [0.2, 0.25) is 0 Å². The Morgan fingerprint density at radius 3 is 2.17 bits per heavy atom. The van der Waals surface area contributed by atoms with Crippen LogP contribution < -0.4 is 4.74 Å². The van der Waals surface area contributed by atoms with E-state index in [4.69, 9.17) is 9.47 Å². The third-order valence-corrected chi connectivity index (χ3v) is 3.84. The van der Waals surface area contributed by atoms with Crippen molar-refractivity contribution in [2.24, 2.45) is 0 Å². The van der Waals surface area contributed by atoms with Crippen LogP contribution in [-0.2, 0) is 11.3 Å². The molecule has 0 bridgehead atoms. The van der Waals surface area contributed by atoms with Crippen molar-refractivity contribution in [1.29, 1.82) is 0 Å². The summed E-state index contributed by atoms with van der Waals surface area (Å²) in [7, 11) is 0. The van der Waals surface area contributed by atoms with Crippen LogP contribution in [0.5, 0.6) is 11.5 Å². The maximum atomic E-state index is 12.1. The molecule has 0 unspecified atom stereocenters. The van der Waals surface area contributed by atoms with Gasteiger partial charge in [-0.1, -0.05) is 18.2 Å². The first-order valence-corrected chi connectivity index (χ1v) is 8.35. The number of ether oxygens (including phenoxy) is 2. The molecule has 0 aliphatic rings. The summed E-state index contributed by atoms with van der Waals surface area (Å²) in [6.07, 6.45) is 0. The second-order valence-corrected chi connectivity index (χ2v) is 5.88. The van der Waals surface area contributed by atoms with Gasteiger partial charge in [0.05, 0.1) is 15.4 Å². The molecule has 0 atom stereocenters. The second kappa shape index (κ2) is 8.61. The molecule has 0 amide bonds. The van der Waals surface area contributed by atoms with Crippen molar-refractivity contribution in [3.63, 3.8) is 0 Å². The van der Waals surface area contributed by atoms with Gasteiger partial charge in [-0.25, -0.2) is 4.79 Å². The van der Waals surface area contributed by atoms with Crippen LogP contribution in [0.1, 0.15) is 15.9 Å². The van der Waals surface area contributed by atoms with Crippen molar-refractivity contribution in [3.8, 4) is 11.5 Å². The van der Waals surface area contributed by atoms with Gasteiger partial charge in [-0.05, 0) is 35.9 Å². The molecule has 3 aromatic carbocycles. The molecular formula is C20H14N2O7. The summed E-state index contributed by atoms with van der Waals surface area (Å²) in [4.78, 5) is 32.5. The summed E-state index contributed by atoms with van der Waals surface area (Å²) >= 11 is 0. The highest BCUT2D eigenvalue weighted by molar-refractivity contribution is 5.90. The smallest absolute Gasteiger partial charge is 0.338 e. The minimum Gasteiger partial charge on any atom is -0.457 e. The number of nitrogens with zero attached hydrogens (tertiary/aromatic N) is 2. The van der Waals surface area contributed by atoms with E-state index in [9.17, 15) is 25.0 Å². The molecular weight excluding hydrogens is 380 g/mol. The Labute approximate surface area is 164 Å². The second-order valence-electron chi connectivity index (χ2n) is 5.88. The first-order valence-electron chi connectivity index (χ1n) is 8.35. The fourth-order valence-electron chi connectivity index (χ4n) is 2.45. The van der Waals surface area contributed by atoms with Crippen molar-refractivity contribution in [2.45, 2.75) is 6.61 Å². The average molecular weight is 394 g/mol. The van der Waals surface area contributed by atoms with E-state index in [1.54, 1.807) is 24.3 Å².